The van der Waals surface area contributed by atoms with Crippen LogP contribution in [0.25, 0.3) is 0 Å². The summed E-state index contributed by atoms with van der Waals surface area (Å²) in [6.07, 6.45) is -10.2. The minimum absolute atomic E-state index is 0.0622. The van der Waals surface area contributed by atoms with Gasteiger partial charge in [-0.05, 0) is 49.2 Å². The van der Waals surface area contributed by atoms with E-state index in [4.69, 9.17) is 0 Å². The third-order valence-electron chi connectivity index (χ3n) is 5.14. The Morgan fingerprint density at radius 1 is 0.774 bits per heavy atom. The largest absolute Gasteiger partial charge is 0.416 e. The molecule has 2 aromatic carbocycles. The molecule has 11 heteroatoms. The first-order valence-corrected chi connectivity index (χ1v) is 10.8. The summed E-state index contributed by atoms with van der Waals surface area (Å²) in [5, 5.41) is 0. The Bertz CT molecular complexity index is 1040. The van der Waals surface area contributed by atoms with E-state index in [1.54, 1.807) is 0 Å². The molecule has 0 amide bonds. The van der Waals surface area contributed by atoms with Gasteiger partial charge < -0.3 is 4.90 Å². The lowest BCUT2D eigenvalue weighted by molar-refractivity contribution is -0.143. The second kappa shape index (κ2) is 8.01. The van der Waals surface area contributed by atoms with Gasteiger partial charge in [0.1, 0.15) is 0 Å². The SMILES string of the molecule is Cc1ccc(C)c(N2CCN(S(=O)(=O)c3cc(C(F)(F)F)cc(C(F)(F)F)c3)CC2)c1. The van der Waals surface area contributed by atoms with E-state index in [0.29, 0.717) is 0 Å². The second-order valence-corrected chi connectivity index (χ2v) is 9.36. The summed E-state index contributed by atoms with van der Waals surface area (Å²) in [5.41, 5.74) is -0.408. The van der Waals surface area contributed by atoms with Crippen LogP contribution in [-0.2, 0) is 22.4 Å². The van der Waals surface area contributed by atoms with E-state index in [-0.39, 0.29) is 44.4 Å². The third-order valence-corrected chi connectivity index (χ3v) is 7.02. The Morgan fingerprint density at radius 2 is 1.29 bits per heavy atom. The summed E-state index contributed by atoms with van der Waals surface area (Å²) in [6, 6.07) is 6.23. The van der Waals surface area contributed by atoms with Crippen molar-refractivity contribution in [3.8, 4) is 0 Å². The first-order valence-electron chi connectivity index (χ1n) is 9.31. The normalized spacial score (nSPS) is 16.6. The molecule has 0 aliphatic carbocycles. The first kappa shape index (κ1) is 23.4. The van der Waals surface area contributed by atoms with Gasteiger partial charge in [-0.1, -0.05) is 12.1 Å². The van der Waals surface area contributed by atoms with Gasteiger partial charge in [0.15, 0.2) is 0 Å². The lowest BCUT2D eigenvalue weighted by Gasteiger charge is -2.36. The number of rotatable bonds is 3. The molecule has 1 saturated heterocycles. The molecule has 1 heterocycles. The summed E-state index contributed by atoms with van der Waals surface area (Å²) < 4.78 is 105. The number of sulfonamides is 1. The van der Waals surface area contributed by atoms with Crippen LogP contribution in [0.1, 0.15) is 22.3 Å². The summed E-state index contributed by atoms with van der Waals surface area (Å²) in [5.74, 6) is 0. The van der Waals surface area contributed by atoms with Crippen molar-refractivity contribution in [2.75, 3.05) is 31.1 Å². The van der Waals surface area contributed by atoms with E-state index in [2.05, 4.69) is 0 Å². The number of anilines is 1. The molecule has 170 valence electrons. The molecule has 0 N–H and O–H groups in total. The van der Waals surface area contributed by atoms with Crippen LogP contribution in [0.2, 0.25) is 0 Å². The molecule has 1 aliphatic rings. The zero-order chi connectivity index (χ0) is 23.2. The summed E-state index contributed by atoms with van der Waals surface area (Å²) in [4.78, 5) is 0.927. The molecule has 3 rings (SSSR count). The van der Waals surface area contributed by atoms with Gasteiger partial charge in [-0.3, -0.25) is 0 Å². The number of aryl methyl sites for hydroxylation is 2. The van der Waals surface area contributed by atoms with E-state index in [0.717, 1.165) is 21.1 Å². The van der Waals surface area contributed by atoms with Crippen LogP contribution in [-0.4, -0.2) is 38.9 Å². The van der Waals surface area contributed by atoms with Crippen molar-refractivity contribution in [1.29, 1.82) is 0 Å². The maximum atomic E-state index is 13.1. The van der Waals surface area contributed by atoms with Crippen molar-refractivity contribution in [3.05, 3.63) is 58.7 Å². The Balaban J connectivity index is 1.90. The average Bonchev–Trinajstić information content (AvgIpc) is 2.68. The molecule has 1 aliphatic heterocycles. The lowest BCUT2D eigenvalue weighted by Crippen LogP contribution is -2.48. The summed E-state index contributed by atoms with van der Waals surface area (Å²) in [7, 11) is -4.54. The highest BCUT2D eigenvalue weighted by Gasteiger charge is 2.39. The molecule has 0 saturated carbocycles. The maximum Gasteiger partial charge on any atom is 0.416 e. The van der Waals surface area contributed by atoms with E-state index in [1.807, 2.05) is 36.9 Å². The van der Waals surface area contributed by atoms with Crippen LogP contribution in [0.3, 0.4) is 0 Å². The van der Waals surface area contributed by atoms with Crippen LogP contribution < -0.4 is 4.90 Å². The summed E-state index contributed by atoms with van der Waals surface area (Å²) in [6.45, 7) is 4.21. The number of halogens is 6. The first-order chi connectivity index (χ1) is 14.2. The lowest BCUT2D eigenvalue weighted by atomic mass is 10.1. The van der Waals surface area contributed by atoms with Gasteiger partial charge in [0.25, 0.3) is 0 Å². The number of hydrogen-bond acceptors (Lipinski definition) is 3. The molecule has 0 bridgehead atoms. The van der Waals surface area contributed by atoms with E-state index < -0.39 is 38.4 Å². The van der Waals surface area contributed by atoms with Crippen LogP contribution in [0.15, 0.2) is 41.3 Å². The third kappa shape index (κ3) is 4.98. The fourth-order valence-corrected chi connectivity index (χ4v) is 4.95. The monoisotopic (exact) mass is 466 g/mol. The van der Waals surface area contributed by atoms with Crippen molar-refractivity contribution < 1.29 is 34.8 Å². The predicted molar refractivity (Wildman–Crippen MR) is 103 cm³/mol. The molecule has 0 spiro atoms. The second-order valence-electron chi connectivity index (χ2n) is 7.42. The molecule has 0 radical (unpaired) electrons. The topological polar surface area (TPSA) is 40.6 Å². The van der Waals surface area contributed by atoms with Gasteiger partial charge in [-0.2, -0.15) is 30.6 Å². The van der Waals surface area contributed by atoms with Gasteiger partial charge >= 0.3 is 12.4 Å². The molecule has 0 unspecified atom stereocenters. The quantitative estimate of drug-likeness (QED) is 0.608. The fourth-order valence-electron chi connectivity index (χ4n) is 3.45. The minimum atomic E-state index is -5.12. The molecular formula is C20H20F6N2O2S. The number of nitrogens with zero attached hydrogens (tertiary/aromatic N) is 2. The average molecular weight is 466 g/mol. The van der Waals surface area contributed by atoms with E-state index >= 15 is 0 Å². The van der Waals surface area contributed by atoms with Crippen LogP contribution in [0.4, 0.5) is 32.0 Å². The van der Waals surface area contributed by atoms with E-state index in [9.17, 15) is 34.8 Å². The Hall–Kier alpha value is -2.27. The van der Waals surface area contributed by atoms with Gasteiger partial charge in [0.05, 0.1) is 16.0 Å². The molecule has 1 fully saturated rings. The van der Waals surface area contributed by atoms with Crippen LogP contribution >= 0.6 is 0 Å². The molecule has 4 nitrogen and oxygen atoms in total. The standard InChI is InChI=1S/C20H20F6N2O2S/c1-13-3-4-14(2)18(9-13)27-5-7-28(8-6-27)31(29,30)17-11-15(19(21,22)23)10-16(12-17)20(24,25)26/h3-4,9-12H,5-8H2,1-2H3. The van der Waals surface area contributed by atoms with Crippen molar-refractivity contribution in [2.45, 2.75) is 31.1 Å². The van der Waals surface area contributed by atoms with Crippen molar-refractivity contribution in [1.82, 2.24) is 4.31 Å². The van der Waals surface area contributed by atoms with Crippen molar-refractivity contribution in [3.63, 3.8) is 0 Å². The van der Waals surface area contributed by atoms with Gasteiger partial charge in [-0.25, -0.2) is 8.42 Å². The Morgan fingerprint density at radius 3 is 1.77 bits per heavy atom. The molecular weight excluding hydrogens is 446 g/mol. The number of alkyl halides is 6. The minimum Gasteiger partial charge on any atom is -0.369 e. The zero-order valence-electron chi connectivity index (χ0n) is 16.7. The zero-order valence-corrected chi connectivity index (χ0v) is 17.5. The smallest absolute Gasteiger partial charge is 0.369 e. The number of piperazine rings is 1. The maximum absolute atomic E-state index is 13.1. The van der Waals surface area contributed by atoms with Crippen molar-refractivity contribution in [2.24, 2.45) is 0 Å². The Kier molecular flexibility index (Phi) is 6.05. The van der Waals surface area contributed by atoms with E-state index in [1.165, 1.54) is 0 Å². The highest BCUT2D eigenvalue weighted by atomic mass is 32.2. The van der Waals surface area contributed by atoms with Crippen LogP contribution in [0.5, 0.6) is 0 Å². The van der Waals surface area contributed by atoms with Gasteiger partial charge in [-0.15, -0.1) is 0 Å². The van der Waals surface area contributed by atoms with Crippen LogP contribution in [0, 0.1) is 13.8 Å². The summed E-state index contributed by atoms with van der Waals surface area (Å²) >= 11 is 0. The molecule has 0 aromatic heterocycles. The number of benzene rings is 2. The van der Waals surface area contributed by atoms with Gasteiger partial charge in [0, 0.05) is 31.9 Å². The molecule has 2 aromatic rings. The molecule has 31 heavy (non-hydrogen) atoms. The Labute approximate surface area is 176 Å². The number of hydrogen-bond donors (Lipinski definition) is 0. The highest BCUT2D eigenvalue weighted by Crippen LogP contribution is 2.38. The highest BCUT2D eigenvalue weighted by molar-refractivity contribution is 7.89. The van der Waals surface area contributed by atoms with Crippen molar-refractivity contribution >= 4 is 15.7 Å². The fraction of sp³-hybridized carbons (Fsp3) is 0.400. The predicted octanol–water partition coefficient (Wildman–Crippen LogP) is 4.85. The molecule has 0 atom stereocenters. The van der Waals surface area contributed by atoms with Gasteiger partial charge in [0.2, 0.25) is 10.0 Å².